The van der Waals surface area contributed by atoms with Gasteiger partial charge in [-0.25, -0.2) is 4.79 Å². The number of ether oxygens (including phenoxy) is 2. The van der Waals surface area contributed by atoms with E-state index < -0.39 is 5.97 Å². The predicted octanol–water partition coefficient (Wildman–Crippen LogP) is 3.04. The van der Waals surface area contributed by atoms with Crippen LogP contribution in [0.15, 0.2) is 36.4 Å². The first-order valence-corrected chi connectivity index (χ1v) is 7.33. The molecule has 1 aromatic heterocycles. The van der Waals surface area contributed by atoms with Crippen LogP contribution >= 0.6 is 11.6 Å². The van der Waals surface area contributed by atoms with Crippen LogP contribution < -0.4 is 4.74 Å². The van der Waals surface area contributed by atoms with Crippen molar-refractivity contribution in [1.82, 2.24) is 15.4 Å². The number of fused-ring (bicyclic) bond motifs is 1. The summed E-state index contributed by atoms with van der Waals surface area (Å²) in [4.78, 5) is 11.8. The minimum atomic E-state index is -0.445. The second-order valence-corrected chi connectivity index (χ2v) is 5.44. The first kappa shape index (κ1) is 15.3. The van der Waals surface area contributed by atoms with E-state index >= 15 is 0 Å². The van der Waals surface area contributed by atoms with Gasteiger partial charge in [0.15, 0.2) is 6.61 Å². The van der Waals surface area contributed by atoms with E-state index in [4.69, 9.17) is 21.1 Å². The SMILES string of the molecule is Cc1cc(Cl)ccc1OCC(=O)OCc1ccc2n[nH]nc2c1. The maximum absolute atomic E-state index is 11.8. The second-order valence-electron chi connectivity index (χ2n) is 5.01. The number of hydrogen-bond acceptors (Lipinski definition) is 5. The van der Waals surface area contributed by atoms with E-state index in [1.807, 2.05) is 25.1 Å². The van der Waals surface area contributed by atoms with Crippen LogP contribution in [0.3, 0.4) is 0 Å². The molecule has 3 rings (SSSR count). The second kappa shape index (κ2) is 6.66. The number of carbonyl (C=O) groups is 1. The van der Waals surface area contributed by atoms with E-state index in [2.05, 4.69) is 15.4 Å². The van der Waals surface area contributed by atoms with Crippen LogP contribution in [0.2, 0.25) is 5.02 Å². The molecule has 0 bridgehead atoms. The normalized spacial score (nSPS) is 10.7. The third-order valence-electron chi connectivity index (χ3n) is 3.26. The fraction of sp³-hybridized carbons (Fsp3) is 0.188. The molecule has 0 radical (unpaired) electrons. The van der Waals surface area contributed by atoms with Crippen molar-refractivity contribution in [3.05, 3.63) is 52.5 Å². The number of aromatic nitrogens is 3. The number of aromatic amines is 1. The summed E-state index contributed by atoms with van der Waals surface area (Å²) in [5, 5.41) is 11.1. The summed E-state index contributed by atoms with van der Waals surface area (Å²) in [5.41, 5.74) is 3.19. The zero-order chi connectivity index (χ0) is 16.2. The largest absolute Gasteiger partial charge is 0.482 e. The van der Waals surface area contributed by atoms with Crippen molar-refractivity contribution in [1.29, 1.82) is 0 Å². The molecular formula is C16H14ClN3O3. The molecule has 6 nitrogen and oxygen atoms in total. The van der Waals surface area contributed by atoms with E-state index in [1.165, 1.54) is 0 Å². The number of halogens is 1. The molecule has 1 N–H and O–H groups in total. The lowest BCUT2D eigenvalue weighted by molar-refractivity contribution is -0.147. The van der Waals surface area contributed by atoms with Gasteiger partial charge in [-0.1, -0.05) is 17.7 Å². The maximum atomic E-state index is 11.8. The van der Waals surface area contributed by atoms with E-state index in [-0.39, 0.29) is 13.2 Å². The van der Waals surface area contributed by atoms with Crippen molar-refractivity contribution in [2.24, 2.45) is 0 Å². The fourth-order valence-corrected chi connectivity index (χ4v) is 2.32. The summed E-state index contributed by atoms with van der Waals surface area (Å²) in [5.74, 6) is 0.162. The summed E-state index contributed by atoms with van der Waals surface area (Å²) in [6.07, 6.45) is 0. The molecule has 0 unspecified atom stereocenters. The molecule has 0 aliphatic heterocycles. The smallest absolute Gasteiger partial charge is 0.344 e. The average Bonchev–Trinajstić information content (AvgIpc) is 2.99. The first-order valence-electron chi connectivity index (χ1n) is 6.96. The number of nitrogens with zero attached hydrogens (tertiary/aromatic N) is 2. The minimum Gasteiger partial charge on any atom is -0.482 e. The quantitative estimate of drug-likeness (QED) is 0.727. The van der Waals surface area contributed by atoms with Gasteiger partial charge in [0.05, 0.1) is 0 Å². The van der Waals surface area contributed by atoms with Crippen molar-refractivity contribution in [2.75, 3.05) is 6.61 Å². The number of carbonyl (C=O) groups excluding carboxylic acids is 1. The molecule has 0 saturated carbocycles. The maximum Gasteiger partial charge on any atom is 0.344 e. The van der Waals surface area contributed by atoms with Gasteiger partial charge in [-0.15, -0.1) is 0 Å². The van der Waals surface area contributed by atoms with Gasteiger partial charge < -0.3 is 9.47 Å². The Morgan fingerprint density at radius 2 is 2.00 bits per heavy atom. The van der Waals surface area contributed by atoms with Crippen LogP contribution in [0.1, 0.15) is 11.1 Å². The summed E-state index contributed by atoms with van der Waals surface area (Å²) in [6, 6.07) is 10.7. The van der Waals surface area contributed by atoms with E-state index in [1.54, 1.807) is 18.2 Å². The Labute approximate surface area is 137 Å². The van der Waals surface area contributed by atoms with Crippen molar-refractivity contribution >= 4 is 28.6 Å². The molecule has 3 aromatic rings. The van der Waals surface area contributed by atoms with Crippen LogP contribution in [0, 0.1) is 6.92 Å². The number of rotatable bonds is 5. The van der Waals surface area contributed by atoms with Gasteiger partial charge in [-0.05, 0) is 48.4 Å². The van der Waals surface area contributed by atoms with Gasteiger partial charge in [-0.3, -0.25) is 0 Å². The van der Waals surface area contributed by atoms with E-state index in [0.29, 0.717) is 10.8 Å². The van der Waals surface area contributed by atoms with Crippen molar-refractivity contribution in [2.45, 2.75) is 13.5 Å². The van der Waals surface area contributed by atoms with Gasteiger partial charge in [-0.2, -0.15) is 15.4 Å². The van der Waals surface area contributed by atoms with Gasteiger partial charge in [0.25, 0.3) is 0 Å². The molecule has 0 amide bonds. The molecule has 0 spiro atoms. The zero-order valence-electron chi connectivity index (χ0n) is 12.4. The number of aryl methyl sites for hydroxylation is 1. The van der Waals surface area contributed by atoms with Gasteiger partial charge in [0.1, 0.15) is 23.4 Å². The Balaban J connectivity index is 1.53. The molecule has 7 heteroatoms. The number of nitrogens with one attached hydrogen (secondary N) is 1. The molecule has 0 aliphatic rings. The average molecular weight is 332 g/mol. The van der Waals surface area contributed by atoms with Crippen LogP contribution in [0.5, 0.6) is 5.75 Å². The predicted molar refractivity (Wildman–Crippen MR) is 85.4 cm³/mol. The Bertz CT molecular complexity index is 847. The highest BCUT2D eigenvalue weighted by atomic mass is 35.5. The molecule has 0 aliphatic carbocycles. The molecule has 0 fully saturated rings. The molecule has 0 atom stereocenters. The molecule has 0 saturated heterocycles. The van der Waals surface area contributed by atoms with E-state index in [9.17, 15) is 4.79 Å². The summed E-state index contributed by atoms with van der Waals surface area (Å²) in [6.45, 7) is 1.86. The van der Waals surface area contributed by atoms with E-state index in [0.717, 1.165) is 22.2 Å². The Kier molecular flexibility index (Phi) is 4.43. The minimum absolute atomic E-state index is 0.157. The van der Waals surface area contributed by atoms with Crippen molar-refractivity contribution in [3.8, 4) is 5.75 Å². The zero-order valence-corrected chi connectivity index (χ0v) is 13.1. The first-order chi connectivity index (χ1) is 11.1. The molecular weight excluding hydrogens is 318 g/mol. The Hall–Kier alpha value is -2.60. The molecule has 23 heavy (non-hydrogen) atoms. The summed E-state index contributed by atoms with van der Waals surface area (Å²) < 4.78 is 10.6. The number of H-pyrrole nitrogens is 1. The lowest BCUT2D eigenvalue weighted by Gasteiger charge is -2.09. The highest BCUT2D eigenvalue weighted by Crippen LogP contribution is 2.21. The third kappa shape index (κ3) is 3.78. The number of benzene rings is 2. The molecule has 118 valence electrons. The third-order valence-corrected chi connectivity index (χ3v) is 3.50. The van der Waals surface area contributed by atoms with Crippen molar-refractivity contribution in [3.63, 3.8) is 0 Å². The van der Waals surface area contributed by atoms with Crippen molar-refractivity contribution < 1.29 is 14.3 Å². The standard InChI is InChI=1S/C16H14ClN3O3/c1-10-6-12(17)3-5-15(10)22-9-16(21)23-8-11-2-4-13-14(7-11)19-20-18-13/h2-7H,8-9H2,1H3,(H,18,19,20). The topological polar surface area (TPSA) is 77.1 Å². The fourth-order valence-electron chi connectivity index (χ4n) is 2.09. The molecule has 1 heterocycles. The highest BCUT2D eigenvalue weighted by Gasteiger charge is 2.08. The number of esters is 1. The monoisotopic (exact) mass is 331 g/mol. The summed E-state index contributed by atoms with van der Waals surface area (Å²) >= 11 is 5.87. The van der Waals surface area contributed by atoms with Gasteiger partial charge in [0, 0.05) is 5.02 Å². The molecule has 2 aromatic carbocycles. The van der Waals surface area contributed by atoms with Crippen LogP contribution in [-0.4, -0.2) is 28.0 Å². The summed E-state index contributed by atoms with van der Waals surface area (Å²) in [7, 11) is 0. The number of hydrogen-bond donors (Lipinski definition) is 1. The lowest BCUT2D eigenvalue weighted by atomic mass is 10.2. The lowest BCUT2D eigenvalue weighted by Crippen LogP contribution is -2.15. The highest BCUT2D eigenvalue weighted by molar-refractivity contribution is 6.30. The Morgan fingerprint density at radius 3 is 2.83 bits per heavy atom. The van der Waals surface area contributed by atoms with Crippen LogP contribution in [0.25, 0.3) is 11.0 Å². The van der Waals surface area contributed by atoms with Crippen LogP contribution in [-0.2, 0) is 16.1 Å². The van der Waals surface area contributed by atoms with Crippen LogP contribution in [0.4, 0.5) is 0 Å². The Morgan fingerprint density at radius 1 is 1.17 bits per heavy atom. The van der Waals surface area contributed by atoms with Gasteiger partial charge in [0.2, 0.25) is 0 Å². The van der Waals surface area contributed by atoms with Gasteiger partial charge >= 0.3 is 5.97 Å².